The second-order valence-electron chi connectivity index (χ2n) is 7.84. The maximum absolute atomic E-state index is 12.8. The first-order valence-corrected chi connectivity index (χ1v) is 11.5. The number of piperazine rings is 1. The van der Waals surface area contributed by atoms with Gasteiger partial charge in [-0.2, -0.15) is 0 Å². The molecule has 2 aromatic carbocycles. The normalized spacial score (nSPS) is 13.6. The Morgan fingerprint density at radius 3 is 2.06 bits per heavy atom. The molecule has 0 atom stereocenters. The van der Waals surface area contributed by atoms with Gasteiger partial charge in [0.25, 0.3) is 0 Å². The number of rotatable bonds is 8. The molecule has 2 heterocycles. The Morgan fingerprint density at radius 1 is 0.848 bits per heavy atom. The van der Waals surface area contributed by atoms with Crippen molar-refractivity contribution in [3.63, 3.8) is 0 Å². The molecule has 172 valence electrons. The molecule has 4 rings (SSSR count). The van der Waals surface area contributed by atoms with Crippen LogP contribution >= 0.6 is 0 Å². The van der Waals surface area contributed by atoms with Crippen molar-refractivity contribution in [2.24, 2.45) is 0 Å². The average molecular weight is 447 g/mol. The molecule has 1 saturated heterocycles. The second-order valence-corrected chi connectivity index (χ2v) is 7.84. The van der Waals surface area contributed by atoms with E-state index in [2.05, 4.69) is 14.9 Å². The van der Waals surface area contributed by atoms with Crippen molar-refractivity contribution in [3.8, 4) is 22.8 Å². The minimum Gasteiger partial charge on any atom is -0.494 e. The zero-order valence-electron chi connectivity index (χ0n) is 19.2. The third-order valence-electron chi connectivity index (χ3n) is 5.66. The number of ether oxygens (including phenoxy) is 2. The van der Waals surface area contributed by atoms with E-state index in [-0.39, 0.29) is 5.91 Å². The fraction of sp³-hybridized carbons (Fsp3) is 0.346. The quantitative estimate of drug-likeness (QED) is 0.524. The highest BCUT2D eigenvalue weighted by Crippen LogP contribution is 2.24. The number of hydrogen-bond donors (Lipinski definition) is 0. The summed E-state index contributed by atoms with van der Waals surface area (Å²) >= 11 is 0. The number of amides is 1. The first-order valence-electron chi connectivity index (χ1n) is 11.5. The van der Waals surface area contributed by atoms with Crippen LogP contribution in [0.4, 0.5) is 5.82 Å². The molecule has 0 bridgehead atoms. The van der Waals surface area contributed by atoms with Crippen LogP contribution in [0.5, 0.6) is 11.5 Å². The molecule has 0 unspecified atom stereocenters. The molecular formula is C26H30N4O3. The monoisotopic (exact) mass is 446 g/mol. The fourth-order valence-corrected chi connectivity index (χ4v) is 3.91. The van der Waals surface area contributed by atoms with Crippen LogP contribution in [0.2, 0.25) is 0 Å². The van der Waals surface area contributed by atoms with Crippen molar-refractivity contribution in [1.82, 2.24) is 14.9 Å². The molecule has 1 aliphatic heterocycles. The summed E-state index contributed by atoms with van der Waals surface area (Å²) in [6.07, 6.45) is 2.01. The minimum absolute atomic E-state index is 0.150. The number of anilines is 1. The molecule has 1 amide bonds. The summed E-state index contributed by atoms with van der Waals surface area (Å²) < 4.78 is 11.0. The van der Waals surface area contributed by atoms with Crippen LogP contribution in [0.15, 0.2) is 60.9 Å². The highest BCUT2D eigenvalue weighted by atomic mass is 16.5. The van der Waals surface area contributed by atoms with Gasteiger partial charge in [-0.3, -0.25) is 4.79 Å². The summed E-state index contributed by atoms with van der Waals surface area (Å²) in [6, 6.07) is 17.7. The Kier molecular flexibility index (Phi) is 7.40. The standard InChI is InChI=1S/C26H30N4O3/c1-3-32-22-9-5-20(6-10-22)17-26(31)30-15-13-29(14-16-30)25-18-24(27-19-28-25)21-7-11-23(12-8-21)33-4-2/h5-12,18-19H,3-4,13-17H2,1-2H3. The van der Waals surface area contributed by atoms with E-state index in [9.17, 15) is 4.79 Å². The minimum atomic E-state index is 0.150. The van der Waals surface area contributed by atoms with Gasteiger partial charge < -0.3 is 19.3 Å². The molecule has 1 aliphatic rings. The first-order chi connectivity index (χ1) is 16.2. The van der Waals surface area contributed by atoms with E-state index in [1.165, 1.54) is 0 Å². The van der Waals surface area contributed by atoms with Gasteiger partial charge in [0.15, 0.2) is 0 Å². The van der Waals surface area contributed by atoms with Crippen molar-refractivity contribution in [2.75, 3.05) is 44.3 Å². The van der Waals surface area contributed by atoms with Crippen LogP contribution < -0.4 is 14.4 Å². The largest absolute Gasteiger partial charge is 0.494 e. The molecule has 1 fully saturated rings. The summed E-state index contributed by atoms with van der Waals surface area (Å²) in [5.41, 5.74) is 2.89. The summed E-state index contributed by atoms with van der Waals surface area (Å²) in [5, 5.41) is 0. The summed E-state index contributed by atoms with van der Waals surface area (Å²) in [4.78, 5) is 25.8. The van der Waals surface area contributed by atoms with Crippen molar-refractivity contribution in [2.45, 2.75) is 20.3 Å². The Bertz CT molecular complexity index is 1050. The number of aromatic nitrogens is 2. The highest BCUT2D eigenvalue weighted by molar-refractivity contribution is 5.79. The smallest absolute Gasteiger partial charge is 0.227 e. The molecule has 0 spiro atoms. The lowest BCUT2D eigenvalue weighted by Gasteiger charge is -2.35. The van der Waals surface area contributed by atoms with E-state index in [0.29, 0.717) is 32.7 Å². The maximum Gasteiger partial charge on any atom is 0.227 e. The molecule has 0 saturated carbocycles. The zero-order valence-corrected chi connectivity index (χ0v) is 19.2. The fourth-order valence-electron chi connectivity index (χ4n) is 3.91. The van der Waals surface area contributed by atoms with Gasteiger partial charge in [0, 0.05) is 37.8 Å². The van der Waals surface area contributed by atoms with E-state index < -0.39 is 0 Å². The molecule has 0 aliphatic carbocycles. The van der Waals surface area contributed by atoms with Gasteiger partial charge in [0.05, 0.1) is 25.3 Å². The highest BCUT2D eigenvalue weighted by Gasteiger charge is 2.22. The molecule has 1 aromatic heterocycles. The molecule has 3 aromatic rings. The maximum atomic E-state index is 12.8. The topological polar surface area (TPSA) is 67.8 Å². The Labute approximate surface area is 195 Å². The van der Waals surface area contributed by atoms with Gasteiger partial charge >= 0.3 is 0 Å². The Morgan fingerprint density at radius 2 is 1.45 bits per heavy atom. The molecule has 33 heavy (non-hydrogen) atoms. The predicted octanol–water partition coefficient (Wildman–Crippen LogP) is 3.83. The molecule has 0 radical (unpaired) electrons. The number of carbonyl (C=O) groups is 1. The van der Waals surface area contributed by atoms with E-state index in [4.69, 9.17) is 9.47 Å². The van der Waals surface area contributed by atoms with Gasteiger partial charge in [-0.05, 0) is 55.8 Å². The van der Waals surface area contributed by atoms with Crippen LogP contribution in [-0.4, -0.2) is 60.2 Å². The third kappa shape index (κ3) is 5.80. The van der Waals surface area contributed by atoms with Gasteiger partial charge in [0.1, 0.15) is 23.6 Å². The molecule has 0 N–H and O–H groups in total. The number of benzene rings is 2. The van der Waals surface area contributed by atoms with Crippen molar-refractivity contribution in [1.29, 1.82) is 0 Å². The van der Waals surface area contributed by atoms with E-state index in [0.717, 1.165) is 47.2 Å². The zero-order chi connectivity index (χ0) is 23.0. The predicted molar refractivity (Wildman–Crippen MR) is 129 cm³/mol. The van der Waals surface area contributed by atoms with Crippen LogP contribution in [0.3, 0.4) is 0 Å². The number of carbonyl (C=O) groups excluding carboxylic acids is 1. The lowest BCUT2D eigenvalue weighted by Crippen LogP contribution is -2.49. The van der Waals surface area contributed by atoms with Gasteiger partial charge in [-0.1, -0.05) is 12.1 Å². The molecule has 7 heteroatoms. The van der Waals surface area contributed by atoms with Crippen molar-refractivity contribution >= 4 is 11.7 Å². The molecule has 7 nitrogen and oxygen atoms in total. The Hall–Kier alpha value is -3.61. The van der Waals surface area contributed by atoms with Crippen LogP contribution in [-0.2, 0) is 11.2 Å². The van der Waals surface area contributed by atoms with E-state index in [1.807, 2.05) is 73.3 Å². The van der Waals surface area contributed by atoms with Crippen molar-refractivity contribution in [3.05, 3.63) is 66.5 Å². The van der Waals surface area contributed by atoms with Gasteiger partial charge in [0.2, 0.25) is 5.91 Å². The lowest BCUT2D eigenvalue weighted by molar-refractivity contribution is -0.130. The van der Waals surface area contributed by atoms with Crippen LogP contribution in [0.1, 0.15) is 19.4 Å². The van der Waals surface area contributed by atoms with E-state index >= 15 is 0 Å². The summed E-state index contributed by atoms with van der Waals surface area (Å²) in [6.45, 7) is 8.06. The van der Waals surface area contributed by atoms with Gasteiger partial charge in [-0.25, -0.2) is 9.97 Å². The van der Waals surface area contributed by atoms with Crippen LogP contribution in [0.25, 0.3) is 11.3 Å². The lowest BCUT2D eigenvalue weighted by atomic mass is 10.1. The number of nitrogens with zero attached hydrogens (tertiary/aromatic N) is 4. The van der Waals surface area contributed by atoms with E-state index in [1.54, 1.807) is 6.33 Å². The van der Waals surface area contributed by atoms with Crippen molar-refractivity contribution < 1.29 is 14.3 Å². The summed E-state index contributed by atoms with van der Waals surface area (Å²) in [5.74, 6) is 2.71. The van der Waals surface area contributed by atoms with Crippen LogP contribution in [0, 0.1) is 0 Å². The first kappa shape index (κ1) is 22.6. The third-order valence-corrected chi connectivity index (χ3v) is 5.66. The summed E-state index contributed by atoms with van der Waals surface area (Å²) in [7, 11) is 0. The SMILES string of the molecule is CCOc1ccc(CC(=O)N2CCN(c3cc(-c4ccc(OCC)cc4)ncn3)CC2)cc1. The van der Waals surface area contributed by atoms with Gasteiger partial charge in [-0.15, -0.1) is 0 Å². The average Bonchev–Trinajstić information content (AvgIpc) is 2.86. The number of hydrogen-bond acceptors (Lipinski definition) is 6. The molecular weight excluding hydrogens is 416 g/mol. The second kappa shape index (κ2) is 10.8. The Balaban J connectivity index is 1.33.